The van der Waals surface area contributed by atoms with Crippen LogP contribution in [0.15, 0.2) is 42.5 Å². The van der Waals surface area contributed by atoms with Crippen LogP contribution >= 0.6 is 11.6 Å². The molecule has 0 aliphatic carbocycles. The lowest BCUT2D eigenvalue weighted by molar-refractivity contribution is -0.116. The van der Waals surface area contributed by atoms with Gasteiger partial charge in [-0.1, -0.05) is 36.7 Å². The molecule has 0 spiro atoms. The summed E-state index contributed by atoms with van der Waals surface area (Å²) in [6.07, 6.45) is 2.05. The number of anilines is 2. The normalized spacial score (nSPS) is 11.2. The first-order chi connectivity index (χ1) is 12.2. The van der Waals surface area contributed by atoms with Gasteiger partial charge in [-0.15, -0.1) is 0 Å². The van der Waals surface area contributed by atoms with Gasteiger partial charge in [0.2, 0.25) is 15.9 Å². The number of aryl methyl sites for hydroxylation is 2. The van der Waals surface area contributed by atoms with Crippen LogP contribution in [0.3, 0.4) is 0 Å². The van der Waals surface area contributed by atoms with Gasteiger partial charge in [-0.25, -0.2) is 8.42 Å². The summed E-state index contributed by atoms with van der Waals surface area (Å²) >= 11 is 6.05. The molecule has 0 saturated carbocycles. The van der Waals surface area contributed by atoms with Crippen LogP contribution in [0.2, 0.25) is 5.02 Å². The number of sulfonamides is 1. The number of hydrogen-bond acceptors (Lipinski definition) is 3. The van der Waals surface area contributed by atoms with Gasteiger partial charge in [0.1, 0.15) is 0 Å². The van der Waals surface area contributed by atoms with Crippen molar-refractivity contribution in [2.75, 3.05) is 22.4 Å². The average Bonchev–Trinajstić information content (AvgIpc) is 2.58. The lowest BCUT2D eigenvalue weighted by Crippen LogP contribution is -2.33. The van der Waals surface area contributed by atoms with Crippen molar-refractivity contribution in [3.8, 4) is 0 Å². The van der Waals surface area contributed by atoms with Crippen molar-refractivity contribution < 1.29 is 13.2 Å². The Balaban J connectivity index is 2.06. The molecule has 0 unspecified atom stereocenters. The van der Waals surface area contributed by atoms with E-state index in [0.717, 1.165) is 23.8 Å². The van der Waals surface area contributed by atoms with Gasteiger partial charge in [0.15, 0.2) is 0 Å². The quantitative estimate of drug-likeness (QED) is 0.771. The van der Waals surface area contributed by atoms with E-state index in [-0.39, 0.29) is 18.9 Å². The number of carbonyl (C=O) groups excluding carboxylic acids is 1. The Kier molecular flexibility index (Phi) is 6.67. The maximum Gasteiger partial charge on any atom is 0.232 e. The number of nitrogens with one attached hydrogen (secondary N) is 1. The predicted octanol–water partition coefficient (Wildman–Crippen LogP) is 4.01. The third-order valence-corrected chi connectivity index (χ3v) is 5.63. The molecular weight excluding hydrogens is 372 g/mol. The fourth-order valence-corrected chi connectivity index (χ4v) is 3.59. The molecule has 0 saturated heterocycles. The molecule has 0 aliphatic heterocycles. The third kappa shape index (κ3) is 5.47. The molecule has 0 fully saturated rings. The largest absolute Gasteiger partial charge is 0.326 e. The fourth-order valence-electron chi connectivity index (χ4n) is 2.48. The zero-order chi connectivity index (χ0) is 19.3. The molecule has 2 rings (SSSR count). The second-order valence-electron chi connectivity index (χ2n) is 6.12. The Labute approximate surface area is 160 Å². The van der Waals surface area contributed by atoms with Crippen LogP contribution in [0.25, 0.3) is 0 Å². The van der Waals surface area contributed by atoms with E-state index in [0.29, 0.717) is 16.4 Å². The summed E-state index contributed by atoms with van der Waals surface area (Å²) in [5.74, 6) is -0.274. The van der Waals surface area contributed by atoms with Gasteiger partial charge in [-0.3, -0.25) is 9.10 Å². The number of amides is 1. The molecule has 2 aromatic rings. The molecule has 0 aromatic heterocycles. The van der Waals surface area contributed by atoms with E-state index in [1.165, 1.54) is 4.31 Å². The highest BCUT2D eigenvalue weighted by Gasteiger charge is 2.18. The summed E-state index contributed by atoms with van der Waals surface area (Å²) in [6, 6.07) is 12.6. The van der Waals surface area contributed by atoms with Gasteiger partial charge < -0.3 is 5.32 Å². The smallest absolute Gasteiger partial charge is 0.232 e. The molecule has 5 nitrogen and oxygen atoms in total. The van der Waals surface area contributed by atoms with Crippen molar-refractivity contribution in [3.05, 3.63) is 58.6 Å². The van der Waals surface area contributed by atoms with Crippen LogP contribution in [0.5, 0.6) is 0 Å². The second-order valence-corrected chi connectivity index (χ2v) is 8.43. The Bertz CT molecular complexity index is 880. The van der Waals surface area contributed by atoms with Gasteiger partial charge in [-0.2, -0.15) is 0 Å². The summed E-state index contributed by atoms with van der Waals surface area (Å²) in [5.41, 5.74) is 3.18. The zero-order valence-corrected chi connectivity index (χ0v) is 16.7. The summed E-state index contributed by atoms with van der Waals surface area (Å²) in [6.45, 7) is 3.97. The average molecular weight is 395 g/mol. The van der Waals surface area contributed by atoms with Crippen molar-refractivity contribution in [3.63, 3.8) is 0 Å². The van der Waals surface area contributed by atoms with Crippen LogP contribution in [0.4, 0.5) is 11.4 Å². The number of rotatable bonds is 7. The molecular formula is C19H23ClN2O3S. The number of nitrogens with zero attached hydrogens (tertiary/aromatic N) is 1. The van der Waals surface area contributed by atoms with Crippen molar-refractivity contribution in [2.45, 2.75) is 26.7 Å². The number of benzene rings is 2. The van der Waals surface area contributed by atoms with Gasteiger partial charge in [-0.05, 0) is 48.7 Å². The van der Waals surface area contributed by atoms with Crippen LogP contribution in [0, 0.1) is 6.92 Å². The highest BCUT2D eigenvalue weighted by Crippen LogP contribution is 2.21. The topological polar surface area (TPSA) is 66.5 Å². The molecule has 0 aliphatic rings. The number of halogens is 1. The fraction of sp³-hybridized carbons (Fsp3) is 0.316. The van der Waals surface area contributed by atoms with Crippen LogP contribution in [-0.4, -0.2) is 27.1 Å². The molecule has 0 atom stereocenters. The van der Waals surface area contributed by atoms with Gasteiger partial charge in [0.05, 0.1) is 11.9 Å². The van der Waals surface area contributed by atoms with E-state index in [1.807, 2.05) is 32.0 Å². The summed E-state index contributed by atoms with van der Waals surface area (Å²) < 4.78 is 25.5. The SMILES string of the molecule is CCc1ccc(N(CCC(=O)Nc2ccc(C)c(Cl)c2)S(C)(=O)=O)cc1. The van der Waals surface area contributed by atoms with Gasteiger partial charge in [0, 0.05) is 23.7 Å². The third-order valence-electron chi connectivity index (χ3n) is 4.03. The van der Waals surface area contributed by atoms with E-state index in [4.69, 9.17) is 11.6 Å². The first-order valence-electron chi connectivity index (χ1n) is 8.33. The summed E-state index contributed by atoms with van der Waals surface area (Å²) in [5, 5.41) is 3.31. The van der Waals surface area contributed by atoms with Crippen LogP contribution in [-0.2, 0) is 21.2 Å². The molecule has 26 heavy (non-hydrogen) atoms. The lowest BCUT2D eigenvalue weighted by atomic mass is 10.1. The zero-order valence-electron chi connectivity index (χ0n) is 15.1. The Hall–Kier alpha value is -2.05. The number of hydrogen-bond donors (Lipinski definition) is 1. The van der Waals surface area contributed by atoms with Gasteiger partial charge >= 0.3 is 0 Å². The second kappa shape index (κ2) is 8.56. The van der Waals surface area contributed by atoms with Crippen molar-refractivity contribution in [2.24, 2.45) is 0 Å². The van der Waals surface area contributed by atoms with Crippen LogP contribution in [0.1, 0.15) is 24.5 Å². The van der Waals surface area contributed by atoms with Crippen LogP contribution < -0.4 is 9.62 Å². The van der Waals surface area contributed by atoms with Gasteiger partial charge in [0.25, 0.3) is 0 Å². The van der Waals surface area contributed by atoms with E-state index >= 15 is 0 Å². The Morgan fingerprint density at radius 1 is 1.15 bits per heavy atom. The molecule has 140 valence electrons. The highest BCUT2D eigenvalue weighted by atomic mass is 35.5. The Morgan fingerprint density at radius 3 is 2.35 bits per heavy atom. The number of carbonyl (C=O) groups is 1. The van der Waals surface area contributed by atoms with E-state index in [1.54, 1.807) is 24.3 Å². The summed E-state index contributed by atoms with van der Waals surface area (Å²) in [7, 11) is -3.49. The lowest BCUT2D eigenvalue weighted by Gasteiger charge is -2.22. The predicted molar refractivity (Wildman–Crippen MR) is 107 cm³/mol. The molecule has 0 heterocycles. The molecule has 1 N–H and O–H groups in total. The van der Waals surface area contributed by atoms with E-state index < -0.39 is 10.0 Å². The van der Waals surface area contributed by atoms with E-state index in [2.05, 4.69) is 5.32 Å². The minimum Gasteiger partial charge on any atom is -0.326 e. The van der Waals surface area contributed by atoms with Crippen molar-refractivity contribution in [1.82, 2.24) is 0 Å². The maximum atomic E-state index is 12.2. The highest BCUT2D eigenvalue weighted by molar-refractivity contribution is 7.92. The van der Waals surface area contributed by atoms with Crippen molar-refractivity contribution >= 4 is 38.9 Å². The molecule has 0 bridgehead atoms. The van der Waals surface area contributed by atoms with Crippen molar-refractivity contribution in [1.29, 1.82) is 0 Å². The minimum absolute atomic E-state index is 0.0358. The minimum atomic E-state index is -3.49. The maximum absolute atomic E-state index is 12.2. The molecule has 0 radical (unpaired) electrons. The first kappa shape index (κ1) is 20.3. The standard InChI is InChI=1S/C19H23ClN2O3S/c1-4-15-6-9-17(10-7-15)22(26(3,24)25)12-11-19(23)21-16-8-5-14(2)18(20)13-16/h5-10,13H,4,11-12H2,1-3H3,(H,21,23). The monoisotopic (exact) mass is 394 g/mol. The molecule has 1 amide bonds. The van der Waals surface area contributed by atoms with E-state index in [9.17, 15) is 13.2 Å². The Morgan fingerprint density at radius 2 is 1.81 bits per heavy atom. The summed E-state index contributed by atoms with van der Waals surface area (Å²) in [4.78, 5) is 12.2. The molecule has 2 aromatic carbocycles. The molecule has 7 heteroatoms. The first-order valence-corrected chi connectivity index (χ1v) is 10.6.